The van der Waals surface area contributed by atoms with Crippen LogP contribution >= 0.6 is 11.6 Å². The molecule has 0 saturated carbocycles. The molecule has 1 heterocycles. The number of alkyl halides is 1. The van der Waals surface area contributed by atoms with E-state index in [2.05, 4.69) is 10.6 Å². The molecule has 1 aliphatic rings. The number of halogens is 1. The normalized spacial score (nSPS) is 26.7. The molecule has 60 valence electrons. The van der Waals surface area contributed by atoms with Gasteiger partial charge < -0.3 is 10.6 Å². The van der Waals surface area contributed by atoms with Crippen LogP contribution in [0.3, 0.4) is 0 Å². The van der Waals surface area contributed by atoms with Crippen LogP contribution in [0.15, 0.2) is 0 Å². The third-order valence-corrected chi connectivity index (χ3v) is 2.08. The molecule has 0 aromatic heterocycles. The van der Waals surface area contributed by atoms with E-state index in [-0.39, 0.29) is 0 Å². The largest absolute Gasteiger partial charge is 0.314 e. The summed E-state index contributed by atoms with van der Waals surface area (Å²) in [6.45, 7) is 3.32. The van der Waals surface area contributed by atoms with Gasteiger partial charge in [-0.2, -0.15) is 0 Å². The summed E-state index contributed by atoms with van der Waals surface area (Å²) in [5, 5.41) is 6.77. The summed E-state index contributed by atoms with van der Waals surface area (Å²) >= 11 is 5.57. The first-order valence-corrected chi connectivity index (χ1v) is 4.47. The second-order valence-corrected chi connectivity index (χ2v) is 3.06. The van der Waals surface area contributed by atoms with Crippen molar-refractivity contribution >= 4 is 11.6 Å². The first-order valence-electron chi connectivity index (χ1n) is 3.93. The Bertz CT molecular complexity index is 81.7. The van der Waals surface area contributed by atoms with Gasteiger partial charge in [-0.1, -0.05) is 0 Å². The highest BCUT2D eigenvalue weighted by Gasteiger charge is 2.09. The zero-order chi connectivity index (χ0) is 7.23. The van der Waals surface area contributed by atoms with E-state index >= 15 is 0 Å². The van der Waals surface area contributed by atoms with Crippen LogP contribution in [0.25, 0.3) is 0 Å². The van der Waals surface area contributed by atoms with Gasteiger partial charge in [0, 0.05) is 31.6 Å². The molecular formula is C7H15ClN2. The summed E-state index contributed by atoms with van der Waals surface area (Å²) in [5.41, 5.74) is 0. The summed E-state index contributed by atoms with van der Waals surface area (Å²) in [5.74, 6) is 0.790. The monoisotopic (exact) mass is 162 g/mol. The van der Waals surface area contributed by atoms with Crippen molar-refractivity contribution in [3.05, 3.63) is 0 Å². The molecule has 0 spiro atoms. The van der Waals surface area contributed by atoms with Gasteiger partial charge in [-0.15, -0.1) is 11.6 Å². The predicted molar refractivity (Wildman–Crippen MR) is 44.6 cm³/mol. The molecule has 0 radical (unpaired) electrons. The van der Waals surface area contributed by atoms with Gasteiger partial charge in [0.1, 0.15) is 0 Å². The molecule has 0 bridgehead atoms. The van der Waals surface area contributed by atoms with Gasteiger partial charge in [0.15, 0.2) is 0 Å². The van der Waals surface area contributed by atoms with Crippen molar-refractivity contribution < 1.29 is 0 Å². The van der Waals surface area contributed by atoms with Gasteiger partial charge >= 0.3 is 0 Å². The van der Waals surface area contributed by atoms with E-state index in [4.69, 9.17) is 11.6 Å². The van der Waals surface area contributed by atoms with E-state index in [1.54, 1.807) is 0 Å². The van der Waals surface area contributed by atoms with Gasteiger partial charge in [0.2, 0.25) is 0 Å². The summed E-state index contributed by atoms with van der Waals surface area (Å²) in [4.78, 5) is 0. The molecule has 1 atom stereocenters. The van der Waals surface area contributed by atoms with Gasteiger partial charge in [-0.25, -0.2) is 0 Å². The lowest BCUT2D eigenvalue weighted by Crippen LogP contribution is -2.48. The summed E-state index contributed by atoms with van der Waals surface area (Å²) in [6.07, 6.45) is 2.33. The topological polar surface area (TPSA) is 24.1 Å². The summed E-state index contributed by atoms with van der Waals surface area (Å²) < 4.78 is 0. The minimum Gasteiger partial charge on any atom is -0.314 e. The van der Waals surface area contributed by atoms with Crippen LogP contribution in [0, 0.1) is 0 Å². The van der Waals surface area contributed by atoms with Crippen molar-refractivity contribution in [1.82, 2.24) is 10.6 Å². The third kappa shape index (κ3) is 2.86. The van der Waals surface area contributed by atoms with Crippen LogP contribution in [0.2, 0.25) is 0 Å². The van der Waals surface area contributed by atoms with E-state index < -0.39 is 0 Å². The van der Waals surface area contributed by atoms with Gasteiger partial charge in [0.05, 0.1) is 0 Å². The molecule has 2 N–H and O–H groups in total. The molecule has 0 amide bonds. The molecule has 0 aliphatic carbocycles. The third-order valence-electron chi connectivity index (χ3n) is 1.81. The minimum absolute atomic E-state index is 0.660. The lowest BCUT2D eigenvalue weighted by atomic mass is 10.1. The predicted octanol–water partition coefficient (Wildman–Crippen LogP) is 0.567. The van der Waals surface area contributed by atoms with Crippen molar-refractivity contribution in [3.8, 4) is 0 Å². The maximum atomic E-state index is 5.57. The Labute approximate surface area is 67.3 Å². The number of hydrogen-bond donors (Lipinski definition) is 2. The van der Waals surface area contributed by atoms with Crippen LogP contribution in [-0.4, -0.2) is 31.6 Å². The van der Waals surface area contributed by atoms with E-state index in [9.17, 15) is 0 Å². The fourth-order valence-corrected chi connectivity index (χ4v) is 1.40. The Hall–Kier alpha value is 0.210. The molecule has 0 aromatic rings. The summed E-state index contributed by atoms with van der Waals surface area (Å²) in [6, 6.07) is 0.660. The van der Waals surface area contributed by atoms with Crippen LogP contribution in [0.1, 0.15) is 12.8 Å². The molecular weight excluding hydrogens is 148 g/mol. The smallest absolute Gasteiger partial charge is 0.0224 e. The molecule has 3 heteroatoms. The standard InChI is InChI=1S/C7H15ClN2/c8-3-1-2-7-6-9-4-5-10-7/h7,9-10H,1-6H2. The van der Waals surface area contributed by atoms with Crippen molar-refractivity contribution in [3.63, 3.8) is 0 Å². The molecule has 2 nitrogen and oxygen atoms in total. The molecule has 1 unspecified atom stereocenters. The van der Waals surface area contributed by atoms with Crippen LogP contribution < -0.4 is 10.6 Å². The molecule has 1 aliphatic heterocycles. The lowest BCUT2D eigenvalue weighted by Gasteiger charge is -2.23. The first-order chi connectivity index (χ1) is 4.93. The number of rotatable bonds is 3. The molecule has 1 fully saturated rings. The van der Waals surface area contributed by atoms with Crippen molar-refractivity contribution in [2.45, 2.75) is 18.9 Å². The van der Waals surface area contributed by atoms with E-state index in [0.717, 1.165) is 31.9 Å². The van der Waals surface area contributed by atoms with Gasteiger partial charge in [-0.3, -0.25) is 0 Å². The lowest BCUT2D eigenvalue weighted by molar-refractivity contribution is 0.397. The average Bonchev–Trinajstić information content (AvgIpc) is 2.03. The van der Waals surface area contributed by atoms with Crippen LogP contribution in [0.4, 0.5) is 0 Å². The number of nitrogens with one attached hydrogen (secondary N) is 2. The average molecular weight is 163 g/mol. The summed E-state index contributed by atoms with van der Waals surface area (Å²) in [7, 11) is 0. The number of piperazine rings is 1. The highest BCUT2D eigenvalue weighted by molar-refractivity contribution is 6.17. The maximum absolute atomic E-state index is 5.57. The van der Waals surface area contributed by atoms with Crippen molar-refractivity contribution in [2.24, 2.45) is 0 Å². The van der Waals surface area contributed by atoms with Crippen molar-refractivity contribution in [1.29, 1.82) is 0 Å². The van der Waals surface area contributed by atoms with Crippen LogP contribution in [0.5, 0.6) is 0 Å². The van der Waals surface area contributed by atoms with E-state index in [1.807, 2.05) is 0 Å². The fraction of sp³-hybridized carbons (Fsp3) is 1.00. The minimum atomic E-state index is 0.660. The molecule has 10 heavy (non-hydrogen) atoms. The number of hydrogen-bond acceptors (Lipinski definition) is 2. The highest BCUT2D eigenvalue weighted by Crippen LogP contribution is 1.99. The fourth-order valence-electron chi connectivity index (χ4n) is 1.24. The quantitative estimate of drug-likeness (QED) is 0.593. The van der Waals surface area contributed by atoms with Crippen molar-refractivity contribution in [2.75, 3.05) is 25.5 Å². The second kappa shape index (κ2) is 4.94. The Morgan fingerprint density at radius 2 is 2.30 bits per heavy atom. The Morgan fingerprint density at radius 3 is 2.90 bits per heavy atom. The zero-order valence-electron chi connectivity index (χ0n) is 6.20. The SMILES string of the molecule is ClCCCC1CNCCN1. The Balaban J connectivity index is 2.02. The first kappa shape index (κ1) is 8.31. The zero-order valence-corrected chi connectivity index (χ0v) is 6.95. The maximum Gasteiger partial charge on any atom is 0.0224 e. The van der Waals surface area contributed by atoms with E-state index in [1.165, 1.54) is 6.42 Å². The molecule has 1 rings (SSSR count). The second-order valence-electron chi connectivity index (χ2n) is 2.69. The molecule has 1 saturated heterocycles. The molecule has 0 aromatic carbocycles. The van der Waals surface area contributed by atoms with Gasteiger partial charge in [-0.05, 0) is 12.8 Å². The Kier molecular flexibility index (Phi) is 4.10. The van der Waals surface area contributed by atoms with E-state index in [0.29, 0.717) is 6.04 Å². The highest BCUT2D eigenvalue weighted by atomic mass is 35.5. The van der Waals surface area contributed by atoms with Crippen LogP contribution in [-0.2, 0) is 0 Å². The Morgan fingerprint density at radius 1 is 1.40 bits per heavy atom. The van der Waals surface area contributed by atoms with Gasteiger partial charge in [0.25, 0.3) is 0 Å².